The third-order valence-corrected chi connectivity index (χ3v) is 5.82. The van der Waals surface area contributed by atoms with Crippen LogP contribution in [-0.4, -0.2) is 49.5 Å². The maximum absolute atomic E-state index is 11.8. The van der Waals surface area contributed by atoms with Crippen LogP contribution in [0.1, 0.15) is 36.3 Å². The van der Waals surface area contributed by atoms with Crippen LogP contribution in [0.5, 0.6) is 0 Å². The molecule has 9 heteroatoms. The van der Waals surface area contributed by atoms with Gasteiger partial charge in [0.2, 0.25) is 11.8 Å². The molecule has 0 spiro atoms. The molecule has 1 atom stereocenters. The van der Waals surface area contributed by atoms with Crippen molar-refractivity contribution >= 4 is 21.7 Å². The molecule has 1 aliphatic rings. The maximum atomic E-state index is 11.8. The highest BCUT2D eigenvalue weighted by Crippen LogP contribution is 2.14. The Morgan fingerprint density at radius 1 is 1.25 bits per heavy atom. The Kier molecular flexibility index (Phi) is 5.98. The van der Waals surface area contributed by atoms with E-state index in [-0.39, 0.29) is 42.3 Å². The molecular weight excluding hydrogens is 334 g/mol. The van der Waals surface area contributed by atoms with Gasteiger partial charge in [-0.05, 0) is 26.7 Å². The molecule has 2 heterocycles. The molecule has 8 nitrogen and oxygen atoms in total. The van der Waals surface area contributed by atoms with Gasteiger partial charge in [-0.2, -0.15) is 0 Å². The molecule has 1 aliphatic heterocycles. The second-order valence-corrected chi connectivity index (χ2v) is 8.30. The van der Waals surface area contributed by atoms with Gasteiger partial charge in [-0.3, -0.25) is 9.59 Å². The largest absolute Gasteiger partial charge is 0.361 e. The van der Waals surface area contributed by atoms with Crippen LogP contribution < -0.4 is 10.6 Å². The first-order valence-corrected chi connectivity index (χ1v) is 9.77. The first kappa shape index (κ1) is 18.4. The molecule has 134 valence electrons. The smallest absolute Gasteiger partial charge is 0.222 e. The number of hydrogen-bond donors (Lipinski definition) is 2. The predicted molar refractivity (Wildman–Crippen MR) is 87.1 cm³/mol. The number of sulfone groups is 1. The Morgan fingerprint density at radius 3 is 2.58 bits per heavy atom. The van der Waals surface area contributed by atoms with E-state index in [0.29, 0.717) is 25.0 Å². The summed E-state index contributed by atoms with van der Waals surface area (Å²) in [6.07, 6.45) is 1.43. The fourth-order valence-electron chi connectivity index (χ4n) is 2.71. The zero-order valence-corrected chi connectivity index (χ0v) is 14.7. The summed E-state index contributed by atoms with van der Waals surface area (Å²) in [5.41, 5.74) is 1.72. The number of hydrogen-bond acceptors (Lipinski definition) is 6. The third-order valence-electron chi connectivity index (χ3n) is 4.06. The molecule has 1 saturated heterocycles. The van der Waals surface area contributed by atoms with E-state index >= 15 is 0 Å². The van der Waals surface area contributed by atoms with Gasteiger partial charge in [-0.1, -0.05) is 5.16 Å². The van der Waals surface area contributed by atoms with E-state index in [1.54, 1.807) is 6.92 Å². The van der Waals surface area contributed by atoms with Gasteiger partial charge in [0.25, 0.3) is 0 Å². The fourth-order valence-corrected chi connectivity index (χ4v) is 4.38. The average molecular weight is 357 g/mol. The summed E-state index contributed by atoms with van der Waals surface area (Å²) in [7, 11) is -3.01. The van der Waals surface area contributed by atoms with Crippen molar-refractivity contribution in [1.82, 2.24) is 15.8 Å². The lowest BCUT2D eigenvalue weighted by Gasteiger charge is -2.11. The summed E-state index contributed by atoms with van der Waals surface area (Å²) in [6.45, 7) is 3.86. The minimum absolute atomic E-state index is 0.00252. The number of nitrogens with one attached hydrogen (secondary N) is 2. The molecule has 1 aromatic rings. The molecule has 0 bridgehead atoms. The van der Waals surface area contributed by atoms with Crippen molar-refractivity contribution in [3.8, 4) is 0 Å². The predicted octanol–water partition coefficient (Wildman–Crippen LogP) is 0.0336. The Balaban J connectivity index is 1.63. The van der Waals surface area contributed by atoms with Gasteiger partial charge < -0.3 is 15.2 Å². The highest BCUT2D eigenvalue weighted by atomic mass is 32.2. The quantitative estimate of drug-likeness (QED) is 0.711. The monoisotopic (exact) mass is 357 g/mol. The summed E-state index contributed by atoms with van der Waals surface area (Å²) in [5.74, 6) is 0.444. The van der Waals surface area contributed by atoms with Gasteiger partial charge in [0.1, 0.15) is 5.76 Å². The van der Waals surface area contributed by atoms with Crippen molar-refractivity contribution in [1.29, 1.82) is 0 Å². The van der Waals surface area contributed by atoms with Crippen molar-refractivity contribution in [2.75, 3.05) is 18.1 Å². The molecule has 0 aromatic carbocycles. The Hall–Kier alpha value is -1.90. The molecule has 2 amide bonds. The Bertz CT molecular complexity index is 691. The average Bonchev–Trinajstić information content (AvgIpc) is 2.99. The summed E-state index contributed by atoms with van der Waals surface area (Å²) in [5, 5.41) is 9.21. The van der Waals surface area contributed by atoms with E-state index in [2.05, 4.69) is 15.8 Å². The fraction of sp³-hybridized carbons (Fsp3) is 0.667. The minimum atomic E-state index is -3.01. The normalized spacial score (nSPS) is 19.2. The second kappa shape index (κ2) is 7.78. The highest BCUT2D eigenvalue weighted by Gasteiger charge is 2.28. The molecule has 1 fully saturated rings. The van der Waals surface area contributed by atoms with Crippen LogP contribution in [0.4, 0.5) is 0 Å². The van der Waals surface area contributed by atoms with E-state index in [1.165, 1.54) is 0 Å². The maximum Gasteiger partial charge on any atom is 0.222 e. The zero-order chi connectivity index (χ0) is 17.7. The molecule has 0 unspecified atom stereocenters. The van der Waals surface area contributed by atoms with Crippen molar-refractivity contribution in [3.63, 3.8) is 0 Å². The lowest BCUT2D eigenvalue weighted by molar-refractivity contribution is -0.122. The highest BCUT2D eigenvalue weighted by molar-refractivity contribution is 7.91. The van der Waals surface area contributed by atoms with Crippen molar-refractivity contribution in [2.45, 2.75) is 45.6 Å². The van der Waals surface area contributed by atoms with Crippen molar-refractivity contribution in [3.05, 3.63) is 17.0 Å². The lowest BCUT2D eigenvalue weighted by atomic mass is 10.1. The van der Waals surface area contributed by atoms with Crippen molar-refractivity contribution < 1.29 is 22.5 Å². The van der Waals surface area contributed by atoms with Crippen LogP contribution in [0.15, 0.2) is 4.52 Å². The molecule has 0 aliphatic carbocycles. The van der Waals surface area contributed by atoms with Crippen LogP contribution in [-0.2, 0) is 25.8 Å². The van der Waals surface area contributed by atoms with Crippen LogP contribution in [0.3, 0.4) is 0 Å². The van der Waals surface area contributed by atoms with Crippen LogP contribution in [0.25, 0.3) is 0 Å². The van der Waals surface area contributed by atoms with Crippen LogP contribution in [0, 0.1) is 13.8 Å². The molecule has 2 N–H and O–H groups in total. The summed E-state index contributed by atoms with van der Waals surface area (Å²) in [4.78, 5) is 23.5. The van der Waals surface area contributed by atoms with Gasteiger partial charge in [0, 0.05) is 31.0 Å². The summed E-state index contributed by atoms with van der Waals surface area (Å²) in [6, 6.07) is -0.308. The van der Waals surface area contributed by atoms with Gasteiger partial charge in [0.15, 0.2) is 9.84 Å². The summed E-state index contributed by atoms with van der Waals surface area (Å²) < 4.78 is 27.7. The number of aryl methyl sites for hydroxylation is 2. The zero-order valence-electron chi connectivity index (χ0n) is 13.9. The molecule has 0 saturated carbocycles. The van der Waals surface area contributed by atoms with E-state index in [9.17, 15) is 18.0 Å². The second-order valence-electron chi connectivity index (χ2n) is 6.07. The Morgan fingerprint density at radius 2 is 2.00 bits per heavy atom. The number of carbonyl (C=O) groups is 2. The van der Waals surface area contributed by atoms with Gasteiger partial charge in [0.05, 0.1) is 17.2 Å². The van der Waals surface area contributed by atoms with E-state index in [0.717, 1.165) is 11.3 Å². The van der Waals surface area contributed by atoms with Crippen LogP contribution >= 0.6 is 0 Å². The number of amides is 2. The van der Waals surface area contributed by atoms with Crippen LogP contribution in [0.2, 0.25) is 0 Å². The first-order chi connectivity index (χ1) is 11.3. The van der Waals surface area contributed by atoms with Gasteiger partial charge in [-0.15, -0.1) is 0 Å². The third kappa shape index (κ3) is 5.33. The molecule has 24 heavy (non-hydrogen) atoms. The molecule has 2 rings (SSSR count). The van der Waals surface area contributed by atoms with E-state index in [4.69, 9.17) is 4.52 Å². The van der Waals surface area contributed by atoms with Crippen molar-refractivity contribution in [2.24, 2.45) is 0 Å². The minimum Gasteiger partial charge on any atom is -0.361 e. The first-order valence-electron chi connectivity index (χ1n) is 7.95. The number of aromatic nitrogens is 1. The SMILES string of the molecule is Cc1noc(C)c1CCC(=O)NCCC(=O)N[C@H]1CCS(=O)(=O)C1. The van der Waals surface area contributed by atoms with E-state index in [1.807, 2.05) is 6.92 Å². The molecule has 0 radical (unpaired) electrons. The molecular formula is C15H23N3O5S. The Labute approximate surface area is 141 Å². The topological polar surface area (TPSA) is 118 Å². The summed E-state index contributed by atoms with van der Waals surface area (Å²) >= 11 is 0. The number of nitrogens with zero attached hydrogens (tertiary/aromatic N) is 1. The standard InChI is InChI=1S/C15H23N3O5S/c1-10-13(11(2)23-18-10)3-4-14(19)16-7-5-15(20)17-12-6-8-24(21,22)9-12/h12H,3-9H2,1-2H3,(H,16,19)(H,17,20)/t12-/m0/s1. The van der Waals surface area contributed by atoms with Gasteiger partial charge >= 0.3 is 0 Å². The lowest BCUT2D eigenvalue weighted by Crippen LogP contribution is -2.37. The molecule has 1 aromatic heterocycles. The number of rotatable bonds is 7. The number of carbonyl (C=O) groups excluding carboxylic acids is 2. The van der Waals surface area contributed by atoms with Gasteiger partial charge in [-0.25, -0.2) is 8.42 Å². The van der Waals surface area contributed by atoms with E-state index < -0.39 is 9.84 Å².